The van der Waals surface area contributed by atoms with E-state index in [0.717, 1.165) is 5.69 Å². The van der Waals surface area contributed by atoms with Crippen molar-refractivity contribution in [1.29, 1.82) is 0 Å². The zero-order valence-electron chi connectivity index (χ0n) is 14.3. The van der Waals surface area contributed by atoms with Crippen LogP contribution in [0.3, 0.4) is 0 Å². The van der Waals surface area contributed by atoms with Gasteiger partial charge < -0.3 is 9.64 Å². The largest absolute Gasteiger partial charge is 0.465 e. The minimum atomic E-state index is -3.78. The first-order valence-electron chi connectivity index (χ1n) is 8.11. The maximum Gasteiger partial charge on any atom is 0.339 e. The molecule has 0 aromatic heterocycles. The van der Waals surface area contributed by atoms with Crippen LogP contribution in [0.5, 0.6) is 0 Å². The third-order valence-electron chi connectivity index (χ3n) is 4.34. The molecule has 26 heavy (non-hydrogen) atoms. The average molecular weight is 395 g/mol. The van der Waals surface area contributed by atoms with Gasteiger partial charge >= 0.3 is 5.97 Å². The molecule has 1 saturated heterocycles. The molecule has 0 atom stereocenters. The Kier molecular flexibility index (Phi) is 5.50. The highest BCUT2D eigenvalue weighted by atomic mass is 35.5. The van der Waals surface area contributed by atoms with Crippen molar-refractivity contribution in [2.24, 2.45) is 0 Å². The van der Waals surface area contributed by atoms with Crippen LogP contribution in [0.1, 0.15) is 10.4 Å². The SMILES string of the molecule is COC(=O)c1ccccc1S(=O)(=O)N1CCN(c2ccc(Cl)cc2)CC1. The second-order valence-electron chi connectivity index (χ2n) is 5.86. The van der Waals surface area contributed by atoms with E-state index in [1.807, 2.05) is 24.3 Å². The molecule has 0 N–H and O–H groups in total. The van der Waals surface area contributed by atoms with Crippen LogP contribution in [0, 0.1) is 0 Å². The molecule has 1 aliphatic heterocycles. The Labute approximate surface area is 158 Å². The first-order chi connectivity index (χ1) is 12.4. The first-order valence-corrected chi connectivity index (χ1v) is 9.93. The number of anilines is 1. The minimum absolute atomic E-state index is 0.0215. The van der Waals surface area contributed by atoms with Gasteiger partial charge in [-0.2, -0.15) is 4.31 Å². The number of hydrogen-bond donors (Lipinski definition) is 0. The van der Waals surface area contributed by atoms with E-state index in [9.17, 15) is 13.2 Å². The monoisotopic (exact) mass is 394 g/mol. The number of esters is 1. The zero-order valence-corrected chi connectivity index (χ0v) is 15.8. The number of methoxy groups -OCH3 is 1. The lowest BCUT2D eigenvalue weighted by Crippen LogP contribution is -2.48. The van der Waals surface area contributed by atoms with Gasteiger partial charge in [-0.1, -0.05) is 23.7 Å². The molecule has 2 aromatic rings. The summed E-state index contributed by atoms with van der Waals surface area (Å²) in [7, 11) is -2.54. The van der Waals surface area contributed by atoms with E-state index in [4.69, 9.17) is 16.3 Å². The highest BCUT2D eigenvalue weighted by Crippen LogP contribution is 2.24. The second-order valence-corrected chi connectivity index (χ2v) is 8.20. The first kappa shape index (κ1) is 18.7. The van der Waals surface area contributed by atoms with E-state index in [-0.39, 0.29) is 10.5 Å². The molecule has 0 amide bonds. The number of nitrogens with zero attached hydrogens (tertiary/aromatic N) is 2. The Morgan fingerprint density at radius 1 is 1.00 bits per heavy atom. The van der Waals surface area contributed by atoms with Gasteiger partial charge in [0.05, 0.1) is 17.6 Å². The molecule has 0 unspecified atom stereocenters. The summed E-state index contributed by atoms with van der Waals surface area (Å²) >= 11 is 5.91. The molecule has 2 aromatic carbocycles. The van der Waals surface area contributed by atoms with E-state index in [0.29, 0.717) is 31.2 Å². The average Bonchev–Trinajstić information content (AvgIpc) is 2.68. The Balaban J connectivity index is 1.78. The molecule has 0 aliphatic carbocycles. The van der Waals surface area contributed by atoms with Crippen molar-refractivity contribution < 1.29 is 17.9 Å². The predicted octanol–water partition coefficient (Wildman–Crippen LogP) is 2.64. The van der Waals surface area contributed by atoms with Crippen LogP contribution in [0.4, 0.5) is 5.69 Å². The van der Waals surface area contributed by atoms with Gasteiger partial charge in [0, 0.05) is 36.9 Å². The van der Waals surface area contributed by atoms with Crippen LogP contribution in [0.15, 0.2) is 53.4 Å². The predicted molar refractivity (Wildman–Crippen MR) is 100 cm³/mol. The number of carbonyl (C=O) groups excluding carboxylic acids is 1. The quantitative estimate of drug-likeness (QED) is 0.746. The van der Waals surface area contributed by atoms with Crippen molar-refractivity contribution in [3.05, 3.63) is 59.1 Å². The fourth-order valence-electron chi connectivity index (χ4n) is 2.95. The van der Waals surface area contributed by atoms with Crippen molar-refractivity contribution >= 4 is 33.3 Å². The molecule has 0 radical (unpaired) electrons. The van der Waals surface area contributed by atoms with Crippen molar-refractivity contribution in [3.8, 4) is 0 Å². The smallest absolute Gasteiger partial charge is 0.339 e. The fourth-order valence-corrected chi connectivity index (χ4v) is 4.68. The van der Waals surface area contributed by atoms with Gasteiger partial charge in [-0.25, -0.2) is 13.2 Å². The number of hydrogen-bond acceptors (Lipinski definition) is 5. The lowest BCUT2D eigenvalue weighted by Gasteiger charge is -2.35. The van der Waals surface area contributed by atoms with Gasteiger partial charge in [-0.15, -0.1) is 0 Å². The van der Waals surface area contributed by atoms with Crippen LogP contribution in [0.2, 0.25) is 5.02 Å². The standard InChI is InChI=1S/C18H19ClN2O4S/c1-25-18(22)16-4-2-3-5-17(16)26(23,24)21-12-10-20(11-13-21)15-8-6-14(19)7-9-15/h2-9H,10-13H2,1H3. The molecule has 3 rings (SSSR count). The molecular weight excluding hydrogens is 376 g/mol. The molecule has 138 valence electrons. The lowest BCUT2D eigenvalue weighted by molar-refractivity contribution is 0.0596. The van der Waals surface area contributed by atoms with E-state index in [1.165, 1.54) is 23.5 Å². The number of piperazine rings is 1. The molecule has 0 saturated carbocycles. The maximum absolute atomic E-state index is 13.0. The summed E-state index contributed by atoms with van der Waals surface area (Å²) < 4.78 is 32.1. The Hall–Kier alpha value is -2.09. The summed E-state index contributed by atoms with van der Waals surface area (Å²) in [6.45, 7) is 1.78. The second kappa shape index (κ2) is 7.65. The van der Waals surface area contributed by atoms with Crippen molar-refractivity contribution in [1.82, 2.24) is 4.31 Å². The van der Waals surface area contributed by atoms with Crippen LogP contribution in [0.25, 0.3) is 0 Å². The fraction of sp³-hybridized carbons (Fsp3) is 0.278. The third kappa shape index (κ3) is 3.70. The highest BCUT2D eigenvalue weighted by Gasteiger charge is 2.31. The highest BCUT2D eigenvalue weighted by molar-refractivity contribution is 7.89. The summed E-state index contributed by atoms with van der Waals surface area (Å²) in [5, 5.41) is 0.661. The molecule has 6 nitrogen and oxygen atoms in total. The Morgan fingerprint density at radius 3 is 2.23 bits per heavy atom. The maximum atomic E-state index is 13.0. The van der Waals surface area contributed by atoms with Gasteiger partial charge in [0.25, 0.3) is 0 Å². The summed E-state index contributed by atoms with van der Waals surface area (Å²) in [5.74, 6) is -0.663. The van der Waals surface area contributed by atoms with Crippen molar-refractivity contribution in [2.45, 2.75) is 4.90 Å². The number of halogens is 1. The van der Waals surface area contributed by atoms with Gasteiger partial charge in [0.1, 0.15) is 0 Å². The Bertz CT molecular complexity index is 892. The van der Waals surface area contributed by atoms with Crippen LogP contribution in [-0.4, -0.2) is 52.0 Å². The van der Waals surface area contributed by atoms with Crippen LogP contribution in [-0.2, 0) is 14.8 Å². The van der Waals surface area contributed by atoms with Gasteiger partial charge in [-0.05, 0) is 36.4 Å². The lowest BCUT2D eigenvalue weighted by atomic mass is 10.2. The topological polar surface area (TPSA) is 66.9 Å². The number of benzene rings is 2. The van der Waals surface area contributed by atoms with Crippen molar-refractivity contribution in [3.63, 3.8) is 0 Å². The summed E-state index contributed by atoms with van der Waals surface area (Å²) in [4.78, 5) is 14.0. The number of ether oxygens (including phenoxy) is 1. The minimum Gasteiger partial charge on any atom is -0.465 e. The van der Waals surface area contributed by atoms with Gasteiger partial charge in [-0.3, -0.25) is 0 Å². The van der Waals surface area contributed by atoms with Gasteiger partial charge in [0.2, 0.25) is 10.0 Å². The van der Waals surface area contributed by atoms with Crippen molar-refractivity contribution in [2.75, 3.05) is 38.2 Å². The van der Waals surface area contributed by atoms with Crippen LogP contribution >= 0.6 is 11.6 Å². The molecule has 0 bridgehead atoms. The van der Waals surface area contributed by atoms with E-state index < -0.39 is 16.0 Å². The van der Waals surface area contributed by atoms with E-state index in [1.54, 1.807) is 12.1 Å². The van der Waals surface area contributed by atoms with E-state index in [2.05, 4.69) is 4.90 Å². The summed E-state index contributed by atoms with van der Waals surface area (Å²) in [6, 6.07) is 13.6. The summed E-state index contributed by atoms with van der Waals surface area (Å²) in [6.07, 6.45) is 0. The number of carbonyl (C=O) groups is 1. The molecule has 1 aliphatic rings. The molecule has 8 heteroatoms. The van der Waals surface area contributed by atoms with E-state index >= 15 is 0 Å². The number of rotatable bonds is 4. The third-order valence-corrected chi connectivity index (χ3v) is 6.55. The van der Waals surface area contributed by atoms with Gasteiger partial charge in [0.15, 0.2) is 0 Å². The zero-order chi connectivity index (χ0) is 18.7. The number of sulfonamides is 1. The van der Waals surface area contributed by atoms with Crippen LogP contribution < -0.4 is 4.90 Å². The normalized spacial score (nSPS) is 15.7. The molecular formula is C18H19ClN2O4S. The molecule has 1 fully saturated rings. The molecule has 1 heterocycles. The summed E-state index contributed by atoms with van der Waals surface area (Å²) in [5.41, 5.74) is 1.05. The Morgan fingerprint density at radius 2 is 1.62 bits per heavy atom. The molecule has 0 spiro atoms.